The number of benzene rings is 1. The fraction of sp³-hybridized carbons (Fsp3) is 0.348. The maximum atomic E-state index is 12.9. The van der Waals surface area contributed by atoms with Crippen molar-refractivity contribution in [3.63, 3.8) is 0 Å². The van der Waals surface area contributed by atoms with E-state index in [9.17, 15) is 4.79 Å². The molecule has 2 aromatic heterocycles. The number of aryl methyl sites for hydroxylation is 2. The van der Waals surface area contributed by atoms with Gasteiger partial charge in [0.2, 0.25) is 5.91 Å². The minimum absolute atomic E-state index is 0.00995. The van der Waals surface area contributed by atoms with Gasteiger partial charge in [-0.15, -0.1) is 11.3 Å². The van der Waals surface area contributed by atoms with Gasteiger partial charge in [0.15, 0.2) is 5.13 Å². The van der Waals surface area contributed by atoms with Crippen LogP contribution in [-0.4, -0.2) is 33.9 Å². The highest BCUT2D eigenvalue weighted by Crippen LogP contribution is 2.32. The second-order valence-electron chi connectivity index (χ2n) is 7.46. The lowest BCUT2D eigenvalue weighted by Crippen LogP contribution is -2.32. The summed E-state index contributed by atoms with van der Waals surface area (Å²) in [5.41, 5.74) is 1.99. The summed E-state index contributed by atoms with van der Waals surface area (Å²) in [6.45, 7) is 5.18. The molecule has 1 saturated heterocycles. The quantitative estimate of drug-likeness (QED) is 0.578. The summed E-state index contributed by atoms with van der Waals surface area (Å²) < 4.78 is 5.82. The summed E-state index contributed by atoms with van der Waals surface area (Å²) in [5.74, 6) is 1.70. The molecule has 1 aliphatic heterocycles. The zero-order chi connectivity index (χ0) is 20.9. The summed E-state index contributed by atoms with van der Waals surface area (Å²) >= 11 is 1.59. The molecular formula is C23H26N4O2S. The van der Waals surface area contributed by atoms with E-state index in [0.29, 0.717) is 13.0 Å². The Hall–Kier alpha value is -2.93. The van der Waals surface area contributed by atoms with Crippen LogP contribution in [0.1, 0.15) is 41.4 Å². The number of rotatable bonds is 7. The summed E-state index contributed by atoms with van der Waals surface area (Å²) in [6.07, 6.45) is 4.12. The van der Waals surface area contributed by atoms with Gasteiger partial charge in [0.05, 0.1) is 24.8 Å². The number of ether oxygens (including phenoxy) is 1. The lowest BCUT2D eigenvalue weighted by Gasteiger charge is -2.25. The fourth-order valence-electron chi connectivity index (χ4n) is 3.71. The number of carbonyl (C=O) groups excluding carboxylic acids is 1. The number of pyridine rings is 1. The van der Waals surface area contributed by atoms with Gasteiger partial charge in [-0.3, -0.25) is 4.79 Å². The first-order valence-electron chi connectivity index (χ1n) is 10.2. The third-order valence-corrected chi connectivity index (χ3v) is 6.04. The van der Waals surface area contributed by atoms with Gasteiger partial charge >= 0.3 is 0 Å². The summed E-state index contributed by atoms with van der Waals surface area (Å²) in [4.78, 5) is 25.1. The Balaban J connectivity index is 1.38. The van der Waals surface area contributed by atoms with Gasteiger partial charge in [-0.25, -0.2) is 9.97 Å². The third kappa shape index (κ3) is 4.79. The molecule has 7 heteroatoms. The van der Waals surface area contributed by atoms with E-state index in [4.69, 9.17) is 9.72 Å². The molecule has 1 atom stereocenters. The van der Waals surface area contributed by atoms with Crippen LogP contribution in [0.4, 0.5) is 10.9 Å². The number of hydrogen-bond donors (Lipinski definition) is 1. The smallest absolute Gasteiger partial charge is 0.226 e. The van der Waals surface area contributed by atoms with Crippen molar-refractivity contribution in [2.24, 2.45) is 0 Å². The van der Waals surface area contributed by atoms with Crippen LogP contribution >= 0.6 is 11.3 Å². The van der Waals surface area contributed by atoms with Crippen molar-refractivity contribution in [3.8, 4) is 5.75 Å². The fourth-order valence-corrected chi connectivity index (χ4v) is 4.38. The molecule has 30 heavy (non-hydrogen) atoms. The van der Waals surface area contributed by atoms with Crippen LogP contribution < -0.4 is 10.1 Å². The van der Waals surface area contributed by atoms with Gasteiger partial charge in [0, 0.05) is 17.6 Å². The Bertz CT molecular complexity index is 1020. The van der Waals surface area contributed by atoms with Crippen molar-refractivity contribution >= 4 is 28.2 Å². The first-order chi connectivity index (χ1) is 14.6. The van der Waals surface area contributed by atoms with Crippen molar-refractivity contribution in [1.29, 1.82) is 0 Å². The molecule has 1 aliphatic rings. The standard InChI is InChI=1S/C23H26N4O2S/c1-16-7-3-4-10-20(16)29-14-12-22(28)27-13-6-9-19(27)18-8-5-11-21(25-18)26-23-24-15-17(2)30-23/h3-5,7-8,10-11,15,19H,6,9,12-14H2,1-2H3,(H,24,25,26). The Morgan fingerprint density at radius 3 is 2.90 bits per heavy atom. The second kappa shape index (κ2) is 9.26. The Labute approximate surface area is 180 Å². The molecule has 0 aliphatic carbocycles. The average Bonchev–Trinajstić information content (AvgIpc) is 3.39. The molecule has 6 nitrogen and oxygen atoms in total. The molecule has 0 saturated carbocycles. The van der Waals surface area contributed by atoms with Gasteiger partial charge in [-0.05, 0) is 50.5 Å². The number of aromatic nitrogens is 2. The van der Waals surface area contributed by atoms with Crippen LogP contribution in [0.2, 0.25) is 0 Å². The predicted octanol–water partition coefficient (Wildman–Crippen LogP) is 5.03. The van der Waals surface area contributed by atoms with Crippen LogP contribution in [0, 0.1) is 13.8 Å². The van der Waals surface area contributed by atoms with Gasteiger partial charge in [0.25, 0.3) is 0 Å². The Morgan fingerprint density at radius 1 is 1.23 bits per heavy atom. The SMILES string of the molecule is Cc1cnc(Nc2cccc(C3CCCN3C(=O)CCOc3ccccc3C)n2)s1. The lowest BCUT2D eigenvalue weighted by atomic mass is 10.1. The zero-order valence-electron chi connectivity index (χ0n) is 17.3. The molecule has 3 heterocycles. The highest BCUT2D eigenvalue weighted by atomic mass is 32.1. The first kappa shape index (κ1) is 20.3. The van der Waals surface area contributed by atoms with Crippen LogP contribution in [-0.2, 0) is 4.79 Å². The molecule has 1 unspecified atom stereocenters. The number of likely N-dealkylation sites (tertiary alicyclic amines) is 1. The molecule has 3 aromatic rings. The number of carbonyl (C=O) groups is 1. The van der Waals surface area contributed by atoms with Gasteiger partial charge < -0.3 is 15.0 Å². The van der Waals surface area contributed by atoms with Crippen molar-refractivity contribution in [3.05, 3.63) is 64.8 Å². The number of thiazole rings is 1. The van der Waals surface area contributed by atoms with E-state index >= 15 is 0 Å². The molecule has 1 N–H and O–H groups in total. The number of nitrogens with one attached hydrogen (secondary N) is 1. The molecule has 1 fully saturated rings. The van der Waals surface area contributed by atoms with Crippen LogP contribution in [0.25, 0.3) is 0 Å². The highest BCUT2D eigenvalue weighted by molar-refractivity contribution is 7.15. The molecule has 1 amide bonds. The summed E-state index contributed by atoms with van der Waals surface area (Å²) in [5, 5.41) is 4.09. The van der Waals surface area contributed by atoms with E-state index in [1.54, 1.807) is 11.3 Å². The number of anilines is 2. The van der Waals surface area contributed by atoms with Crippen LogP contribution in [0.15, 0.2) is 48.7 Å². The number of para-hydroxylation sites is 1. The minimum Gasteiger partial charge on any atom is -0.493 e. The van der Waals surface area contributed by atoms with E-state index in [1.165, 1.54) is 0 Å². The monoisotopic (exact) mass is 422 g/mol. The van der Waals surface area contributed by atoms with E-state index in [-0.39, 0.29) is 11.9 Å². The normalized spacial score (nSPS) is 15.9. The third-order valence-electron chi connectivity index (χ3n) is 5.21. The largest absolute Gasteiger partial charge is 0.493 e. The average molecular weight is 423 g/mol. The number of hydrogen-bond acceptors (Lipinski definition) is 6. The molecule has 0 radical (unpaired) electrons. The number of amides is 1. The highest BCUT2D eigenvalue weighted by Gasteiger charge is 2.30. The van der Waals surface area contributed by atoms with Gasteiger partial charge in [0.1, 0.15) is 11.6 Å². The van der Waals surface area contributed by atoms with Crippen molar-refractivity contribution in [1.82, 2.24) is 14.9 Å². The molecule has 0 bridgehead atoms. The second-order valence-corrected chi connectivity index (χ2v) is 8.69. The molecule has 1 aromatic carbocycles. The van der Waals surface area contributed by atoms with Gasteiger partial charge in [-0.1, -0.05) is 24.3 Å². The maximum Gasteiger partial charge on any atom is 0.226 e. The predicted molar refractivity (Wildman–Crippen MR) is 119 cm³/mol. The molecule has 156 valence electrons. The van der Waals surface area contributed by atoms with Crippen molar-refractivity contribution in [2.75, 3.05) is 18.5 Å². The van der Waals surface area contributed by atoms with Crippen LogP contribution in [0.3, 0.4) is 0 Å². The Kier molecular flexibility index (Phi) is 6.28. The van der Waals surface area contributed by atoms with E-state index in [0.717, 1.165) is 52.2 Å². The zero-order valence-corrected chi connectivity index (χ0v) is 18.1. The van der Waals surface area contributed by atoms with Crippen LogP contribution in [0.5, 0.6) is 5.75 Å². The number of nitrogens with zero attached hydrogens (tertiary/aromatic N) is 3. The van der Waals surface area contributed by atoms with Crippen molar-refractivity contribution in [2.45, 2.75) is 39.2 Å². The van der Waals surface area contributed by atoms with Crippen molar-refractivity contribution < 1.29 is 9.53 Å². The van der Waals surface area contributed by atoms with Gasteiger partial charge in [-0.2, -0.15) is 0 Å². The molecule has 4 rings (SSSR count). The van der Waals surface area contributed by atoms with E-state index in [1.807, 2.05) is 67.4 Å². The first-order valence-corrected chi connectivity index (χ1v) is 11.1. The maximum absolute atomic E-state index is 12.9. The summed E-state index contributed by atoms with van der Waals surface area (Å²) in [6, 6.07) is 13.8. The van der Waals surface area contributed by atoms with E-state index < -0.39 is 0 Å². The lowest BCUT2D eigenvalue weighted by molar-refractivity contribution is -0.132. The Morgan fingerprint density at radius 2 is 2.10 bits per heavy atom. The molecular weight excluding hydrogens is 396 g/mol. The summed E-state index contributed by atoms with van der Waals surface area (Å²) in [7, 11) is 0. The minimum atomic E-state index is 0.00995. The topological polar surface area (TPSA) is 67.4 Å². The molecule has 0 spiro atoms. The van der Waals surface area contributed by atoms with E-state index in [2.05, 4.69) is 10.3 Å².